The highest BCUT2D eigenvalue weighted by Gasteiger charge is 2.09. The van der Waals surface area contributed by atoms with Crippen molar-refractivity contribution in [3.8, 4) is 0 Å². The Kier molecular flexibility index (Phi) is 6.29. The molecule has 0 fully saturated rings. The van der Waals surface area contributed by atoms with Crippen molar-refractivity contribution >= 4 is 17.6 Å². The maximum Gasteiger partial charge on any atom is 0.133 e. The van der Waals surface area contributed by atoms with Gasteiger partial charge < -0.3 is 10.2 Å². The van der Waals surface area contributed by atoms with E-state index in [1.54, 1.807) is 6.33 Å². The Hall–Kier alpha value is -0.810. The minimum absolute atomic E-state index is 0.967. The van der Waals surface area contributed by atoms with Crippen LogP contribution in [0.15, 0.2) is 11.4 Å². The minimum Gasteiger partial charge on any atom is -0.373 e. The molecule has 96 valence electrons. The predicted octanol–water partition coefficient (Wildman–Crippen LogP) is 2.12. The number of rotatable bonds is 7. The van der Waals surface area contributed by atoms with Gasteiger partial charge in [0.05, 0.1) is 0 Å². The van der Waals surface area contributed by atoms with E-state index in [0.29, 0.717) is 0 Å². The Bertz CT molecular complexity index is 341. The van der Waals surface area contributed by atoms with Crippen molar-refractivity contribution in [1.29, 1.82) is 0 Å². The third kappa shape index (κ3) is 4.52. The summed E-state index contributed by atoms with van der Waals surface area (Å²) >= 11 is 1.81. The maximum absolute atomic E-state index is 4.40. The molecule has 0 saturated carbocycles. The van der Waals surface area contributed by atoms with Gasteiger partial charge in [0.2, 0.25) is 0 Å². The molecule has 1 aromatic rings. The predicted molar refractivity (Wildman–Crippen MR) is 74.9 cm³/mol. The monoisotopic (exact) mass is 254 g/mol. The number of nitrogens with one attached hydrogen (secondary N) is 1. The van der Waals surface area contributed by atoms with E-state index in [-0.39, 0.29) is 0 Å². The fourth-order valence-electron chi connectivity index (χ4n) is 1.54. The van der Waals surface area contributed by atoms with E-state index < -0.39 is 0 Å². The van der Waals surface area contributed by atoms with Gasteiger partial charge in [0, 0.05) is 24.9 Å². The third-order valence-corrected chi connectivity index (χ3v) is 3.43. The highest BCUT2D eigenvalue weighted by molar-refractivity contribution is 7.99. The smallest absolute Gasteiger partial charge is 0.133 e. The number of hydrogen-bond acceptors (Lipinski definition) is 5. The second kappa shape index (κ2) is 7.50. The van der Waals surface area contributed by atoms with Gasteiger partial charge in [-0.3, -0.25) is 0 Å². The highest BCUT2D eigenvalue weighted by atomic mass is 32.2. The van der Waals surface area contributed by atoms with Crippen LogP contribution in [0.5, 0.6) is 0 Å². The third-order valence-electron chi connectivity index (χ3n) is 2.42. The number of anilines is 1. The van der Waals surface area contributed by atoms with Crippen LogP contribution in [0, 0.1) is 0 Å². The molecule has 4 nitrogen and oxygen atoms in total. The van der Waals surface area contributed by atoms with Crippen LogP contribution in [0.2, 0.25) is 0 Å². The topological polar surface area (TPSA) is 41.1 Å². The largest absolute Gasteiger partial charge is 0.373 e. The van der Waals surface area contributed by atoms with E-state index in [1.165, 1.54) is 5.56 Å². The van der Waals surface area contributed by atoms with Gasteiger partial charge in [-0.05, 0) is 20.5 Å². The van der Waals surface area contributed by atoms with Gasteiger partial charge in [-0.1, -0.05) is 13.3 Å². The molecule has 0 aliphatic rings. The fraction of sp³-hybridized carbons (Fsp3) is 0.667. The molecule has 0 aliphatic heterocycles. The van der Waals surface area contributed by atoms with Crippen LogP contribution < -0.4 is 5.32 Å². The normalized spacial score (nSPS) is 10.9. The summed E-state index contributed by atoms with van der Waals surface area (Å²) in [7, 11) is 6.09. The second-order valence-electron chi connectivity index (χ2n) is 4.16. The van der Waals surface area contributed by atoms with Crippen molar-refractivity contribution < 1.29 is 0 Å². The summed E-state index contributed by atoms with van der Waals surface area (Å²) in [5.41, 5.74) is 1.25. The van der Waals surface area contributed by atoms with Crippen LogP contribution in [0.4, 0.5) is 5.82 Å². The van der Waals surface area contributed by atoms with Gasteiger partial charge in [0.25, 0.3) is 0 Å². The highest BCUT2D eigenvalue weighted by Crippen LogP contribution is 2.25. The zero-order valence-electron chi connectivity index (χ0n) is 11.2. The Morgan fingerprint density at radius 1 is 1.35 bits per heavy atom. The molecule has 0 saturated heterocycles. The molecule has 5 heteroatoms. The first-order valence-corrected chi connectivity index (χ1v) is 6.96. The van der Waals surface area contributed by atoms with Crippen LogP contribution in [0.1, 0.15) is 18.9 Å². The molecule has 1 N–H and O–H groups in total. The molecule has 1 rings (SSSR count). The van der Waals surface area contributed by atoms with Gasteiger partial charge in [-0.15, -0.1) is 11.8 Å². The van der Waals surface area contributed by atoms with E-state index in [0.717, 1.165) is 36.0 Å². The van der Waals surface area contributed by atoms with Crippen molar-refractivity contribution in [2.24, 2.45) is 0 Å². The van der Waals surface area contributed by atoms with E-state index in [2.05, 4.69) is 41.2 Å². The molecule has 0 unspecified atom stereocenters. The number of aromatic nitrogens is 2. The van der Waals surface area contributed by atoms with Crippen molar-refractivity contribution in [2.75, 3.05) is 38.8 Å². The minimum atomic E-state index is 0.967. The van der Waals surface area contributed by atoms with Gasteiger partial charge in [0.15, 0.2) is 0 Å². The summed E-state index contributed by atoms with van der Waals surface area (Å²) in [5.74, 6) is 2.03. The maximum atomic E-state index is 4.40. The summed E-state index contributed by atoms with van der Waals surface area (Å²) in [4.78, 5) is 10.9. The summed E-state index contributed by atoms with van der Waals surface area (Å²) in [6.45, 7) is 3.25. The van der Waals surface area contributed by atoms with E-state index in [9.17, 15) is 0 Å². The number of thioether (sulfide) groups is 1. The SMILES string of the molecule is CCCc1c(NC)ncnc1SCCN(C)C. The lowest BCUT2D eigenvalue weighted by Crippen LogP contribution is -2.15. The second-order valence-corrected chi connectivity index (χ2v) is 5.24. The van der Waals surface area contributed by atoms with Crippen LogP contribution in [0.3, 0.4) is 0 Å². The molecule has 0 bridgehead atoms. The van der Waals surface area contributed by atoms with Gasteiger partial charge in [0.1, 0.15) is 17.2 Å². The van der Waals surface area contributed by atoms with Gasteiger partial charge in [-0.2, -0.15) is 0 Å². The Labute approximate surface area is 108 Å². The molecule has 0 amide bonds. The molecule has 1 aromatic heterocycles. The van der Waals surface area contributed by atoms with Crippen LogP contribution >= 0.6 is 11.8 Å². The Morgan fingerprint density at radius 3 is 2.71 bits per heavy atom. The Morgan fingerprint density at radius 2 is 2.12 bits per heavy atom. The molecule has 0 atom stereocenters. The van der Waals surface area contributed by atoms with Crippen molar-refractivity contribution in [2.45, 2.75) is 24.8 Å². The summed E-state index contributed by atoms with van der Waals surface area (Å²) in [5, 5.41) is 4.26. The zero-order chi connectivity index (χ0) is 12.7. The van der Waals surface area contributed by atoms with Crippen molar-refractivity contribution in [1.82, 2.24) is 14.9 Å². The summed E-state index contributed by atoms with van der Waals surface area (Å²) in [6, 6.07) is 0. The van der Waals surface area contributed by atoms with Gasteiger partial charge >= 0.3 is 0 Å². The average Bonchev–Trinajstić information content (AvgIpc) is 2.30. The molecule has 1 heterocycles. The summed E-state index contributed by atoms with van der Waals surface area (Å²) in [6.07, 6.45) is 3.79. The average molecular weight is 254 g/mol. The first-order chi connectivity index (χ1) is 8.19. The van der Waals surface area contributed by atoms with E-state index in [1.807, 2.05) is 18.8 Å². The lowest BCUT2D eigenvalue weighted by Gasteiger charge is -2.13. The Balaban J connectivity index is 2.75. The first-order valence-electron chi connectivity index (χ1n) is 5.98. The van der Waals surface area contributed by atoms with E-state index >= 15 is 0 Å². The molecule has 0 aliphatic carbocycles. The lowest BCUT2D eigenvalue weighted by atomic mass is 10.2. The quantitative estimate of drug-likeness (QED) is 0.596. The van der Waals surface area contributed by atoms with Crippen LogP contribution in [-0.2, 0) is 6.42 Å². The summed E-state index contributed by atoms with van der Waals surface area (Å²) < 4.78 is 0. The standard InChI is InChI=1S/C12H22N4S/c1-5-6-10-11(13-2)14-9-15-12(10)17-8-7-16(3)4/h9H,5-8H2,1-4H3,(H,13,14,15). The van der Waals surface area contributed by atoms with Crippen LogP contribution in [0.25, 0.3) is 0 Å². The van der Waals surface area contributed by atoms with E-state index in [4.69, 9.17) is 0 Å². The molecule has 0 spiro atoms. The first kappa shape index (κ1) is 14.3. The zero-order valence-corrected chi connectivity index (χ0v) is 12.0. The lowest BCUT2D eigenvalue weighted by molar-refractivity contribution is 0.437. The number of nitrogens with zero attached hydrogens (tertiary/aromatic N) is 3. The molecule has 0 aromatic carbocycles. The van der Waals surface area contributed by atoms with Gasteiger partial charge in [-0.25, -0.2) is 9.97 Å². The molecule has 0 radical (unpaired) electrons. The molecule has 17 heavy (non-hydrogen) atoms. The van der Waals surface area contributed by atoms with Crippen molar-refractivity contribution in [3.05, 3.63) is 11.9 Å². The fourth-order valence-corrected chi connectivity index (χ4v) is 2.68. The van der Waals surface area contributed by atoms with Crippen molar-refractivity contribution in [3.63, 3.8) is 0 Å². The van der Waals surface area contributed by atoms with Crippen LogP contribution in [-0.4, -0.2) is 48.3 Å². The number of hydrogen-bond donors (Lipinski definition) is 1. The molecular weight excluding hydrogens is 232 g/mol. The molecular formula is C12H22N4S.